The lowest BCUT2D eigenvalue weighted by Crippen LogP contribution is -2.46. The maximum absolute atomic E-state index is 12.3. The van der Waals surface area contributed by atoms with Crippen molar-refractivity contribution < 1.29 is 14.7 Å². The minimum Gasteiger partial charge on any atom is -0.480 e. The Morgan fingerprint density at radius 1 is 1.37 bits per heavy atom. The van der Waals surface area contributed by atoms with E-state index in [0.717, 1.165) is 19.3 Å². The van der Waals surface area contributed by atoms with Crippen LogP contribution in [0.3, 0.4) is 0 Å². The van der Waals surface area contributed by atoms with Crippen LogP contribution in [0.4, 0.5) is 4.79 Å². The third kappa shape index (κ3) is 4.82. The quantitative estimate of drug-likeness (QED) is 0.790. The lowest BCUT2D eigenvalue weighted by Gasteiger charge is -2.28. The number of carbonyl (C=O) groups excluding carboxylic acids is 1. The number of carboxylic acids is 1. The summed E-state index contributed by atoms with van der Waals surface area (Å²) in [5, 5.41) is 8.82. The fourth-order valence-corrected chi connectivity index (χ4v) is 2.28. The first-order valence-corrected chi connectivity index (χ1v) is 6.55. The molecule has 0 spiro atoms. The summed E-state index contributed by atoms with van der Waals surface area (Å²) in [5.41, 5.74) is 0.235. The van der Waals surface area contributed by atoms with Crippen LogP contribution in [0.1, 0.15) is 33.1 Å². The van der Waals surface area contributed by atoms with Crippen LogP contribution in [0.2, 0.25) is 0 Å². The predicted molar refractivity (Wildman–Crippen MR) is 72.6 cm³/mol. The summed E-state index contributed by atoms with van der Waals surface area (Å²) in [4.78, 5) is 26.0. The highest BCUT2D eigenvalue weighted by Gasteiger charge is 2.28. The summed E-state index contributed by atoms with van der Waals surface area (Å²) in [5.74, 6) is 1.30. The number of aliphatic carboxylic acids is 1. The summed E-state index contributed by atoms with van der Waals surface area (Å²) in [6.07, 6.45) is 8.13. The average molecular weight is 266 g/mol. The van der Waals surface area contributed by atoms with Crippen molar-refractivity contribution >= 4 is 12.0 Å². The zero-order chi connectivity index (χ0) is 14.5. The van der Waals surface area contributed by atoms with Crippen molar-refractivity contribution in [3.05, 3.63) is 0 Å². The molecule has 1 saturated heterocycles. The Labute approximate surface area is 114 Å². The van der Waals surface area contributed by atoms with Gasteiger partial charge in [0.25, 0.3) is 0 Å². The van der Waals surface area contributed by atoms with Gasteiger partial charge in [-0.25, -0.2) is 4.79 Å². The number of hydrogen-bond acceptors (Lipinski definition) is 2. The zero-order valence-electron chi connectivity index (χ0n) is 11.7. The van der Waals surface area contributed by atoms with Gasteiger partial charge in [0.15, 0.2) is 0 Å². The van der Waals surface area contributed by atoms with Gasteiger partial charge in [-0.1, -0.05) is 19.8 Å². The lowest BCUT2D eigenvalue weighted by atomic mass is 9.85. The van der Waals surface area contributed by atoms with Gasteiger partial charge in [-0.2, -0.15) is 0 Å². The molecule has 0 aromatic rings. The number of carboxylic acid groups (broad SMARTS) is 1. The highest BCUT2D eigenvalue weighted by atomic mass is 16.4. The molecule has 1 rings (SSSR count). The standard InChI is InChI=1S/C14H22N2O3/c1-4-8-16(11-12(17)18)13(19)15-9-5-6-14(2,3)7-10-15/h1H,5-11H2,2-3H3,(H,17,18). The third-order valence-electron chi connectivity index (χ3n) is 3.49. The van der Waals surface area contributed by atoms with Gasteiger partial charge in [-0.3, -0.25) is 4.79 Å². The molecule has 5 heteroatoms. The van der Waals surface area contributed by atoms with E-state index in [1.54, 1.807) is 4.90 Å². The van der Waals surface area contributed by atoms with Gasteiger partial charge >= 0.3 is 12.0 Å². The molecule has 1 aliphatic rings. The van der Waals surface area contributed by atoms with Crippen molar-refractivity contribution in [2.24, 2.45) is 5.41 Å². The monoisotopic (exact) mass is 266 g/mol. The number of hydrogen-bond donors (Lipinski definition) is 1. The normalized spacial score (nSPS) is 18.3. The smallest absolute Gasteiger partial charge is 0.323 e. The minimum atomic E-state index is -1.04. The number of carbonyl (C=O) groups is 2. The first-order valence-electron chi connectivity index (χ1n) is 6.55. The fraction of sp³-hybridized carbons (Fsp3) is 0.714. The van der Waals surface area contributed by atoms with E-state index in [4.69, 9.17) is 11.5 Å². The summed E-state index contributed by atoms with van der Waals surface area (Å²) in [6, 6.07) is -0.266. The van der Waals surface area contributed by atoms with Gasteiger partial charge in [0.05, 0.1) is 6.54 Å². The van der Waals surface area contributed by atoms with Crippen LogP contribution in [0.25, 0.3) is 0 Å². The molecule has 0 aromatic carbocycles. The van der Waals surface area contributed by atoms with E-state index in [1.807, 2.05) is 0 Å². The lowest BCUT2D eigenvalue weighted by molar-refractivity contribution is -0.137. The van der Waals surface area contributed by atoms with Gasteiger partial charge in [-0.15, -0.1) is 6.42 Å². The highest BCUT2D eigenvalue weighted by Crippen LogP contribution is 2.30. The van der Waals surface area contributed by atoms with Gasteiger partial charge in [0, 0.05) is 13.1 Å². The minimum absolute atomic E-state index is 0.0328. The molecule has 1 heterocycles. The molecule has 1 N–H and O–H groups in total. The van der Waals surface area contributed by atoms with Gasteiger partial charge < -0.3 is 14.9 Å². The first-order chi connectivity index (χ1) is 8.85. The molecular weight excluding hydrogens is 244 g/mol. The molecule has 5 nitrogen and oxygen atoms in total. The van der Waals surface area contributed by atoms with E-state index in [2.05, 4.69) is 19.8 Å². The molecule has 0 unspecified atom stereocenters. The molecule has 1 aliphatic heterocycles. The number of amides is 2. The van der Waals surface area contributed by atoms with Crippen LogP contribution >= 0.6 is 0 Å². The molecule has 0 aromatic heterocycles. The Kier molecular flexibility index (Phi) is 5.22. The second-order valence-electron chi connectivity index (χ2n) is 5.74. The number of terminal acetylenes is 1. The summed E-state index contributed by atoms with van der Waals surface area (Å²) in [6.45, 7) is 5.40. The molecule has 0 atom stereocenters. The van der Waals surface area contributed by atoms with Crippen molar-refractivity contribution in [1.82, 2.24) is 9.80 Å². The van der Waals surface area contributed by atoms with E-state index in [1.165, 1.54) is 4.90 Å². The Morgan fingerprint density at radius 2 is 2.05 bits per heavy atom. The van der Waals surface area contributed by atoms with Crippen molar-refractivity contribution in [2.45, 2.75) is 33.1 Å². The molecule has 0 aliphatic carbocycles. The molecule has 0 bridgehead atoms. The molecule has 106 valence electrons. The Bertz CT molecular complexity index is 385. The van der Waals surface area contributed by atoms with Crippen molar-refractivity contribution in [3.8, 4) is 12.3 Å². The zero-order valence-corrected chi connectivity index (χ0v) is 11.7. The van der Waals surface area contributed by atoms with E-state index >= 15 is 0 Å². The van der Waals surface area contributed by atoms with E-state index in [9.17, 15) is 9.59 Å². The van der Waals surface area contributed by atoms with Crippen molar-refractivity contribution in [3.63, 3.8) is 0 Å². The summed E-state index contributed by atoms with van der Waals surface area (Å²) in [7, 11) is 0. The Morgan fingerprint density at radius 3 is 2.63 bits per heavy atom. The van der Waals surface area contributed by atoms with Crippen LogP contribution in [-0.4, -0.2) is 53.1 Å². The fourth-order valence-electron chi connectivity index (χ4n) is 2.28. The van der Waals surface area contributed by atoms with Crippen LogP contribution in [0, 0.1) is 17.8 Å². The van der Waals surface area contributed by atoms with Crippen LogP contribution < -0.4 is 0 Å². The molecule has 0 radical (unpaired) electrons. The van der Waals surface area contributed by atoms with Crippen LogP contribution in [0.5, 0.6) is 0 Å². The van der Waals surface area contributed by atoms with Gasteiger partial charge in [0.2, 0.25) is 0 Å². The van der Waals surface area contributed by atoms with Crippen LogP contribution in [0.15, 0.2) is 0 Å². The highest BCUT2D eigenvalue weighted by molar-refractivity contribution is 5.80. The van der Waals surface area contributed by atoms with E-state index in [0.29, 0.717) is 13.1 Å². The molecule has 0 saturated carbocycles. The van der Waals surface area contributed by atoms with E-state index in [-0.39, 0.29) is 24.5 Å². The molecule has 1 fully saturated rings. The van der Waals surface area contributed by atoms with Crippen LogP contribution in [-0.2, 0) is 4.79 Å². The predicted octanol–water partition coefficient (Wildman–Crippen LogP) is 1.64. The number of urea groups is 1. The van der Waals surface area contributed by atoms with E-state index < -0.39 is 5.97 Å². The average Bonchev–Trinajstić information content (AvgIpc) is 2.48. The van der Waals surface area contributed by atoms with Crippen molar-refractivity contribution in [1.29, 1.82) is 0 Å². The number of rotatable bonds is 3. The largest absolute Gasteiger partial charge is 0.480 e. The molecule has 19 heavy (non-hydrogen) atoms. The topological polar surface area (TPSA) is 60.9 Å². The van der Waals surface area contributed by atoms with Gasteiger partial charge in [-0.05, 0) is 24.7 Å². The summed E-state index contributed by atoms with van der Waals surface area (Å²) < 4.78 is 0. The Hall–Kier alpha value is -1.70. The third-order valence-corrected chi connectivity index (χ3v) is 3.49. The number of nitrogens with zero attached hydrogens (tertiary/aromatic N) is 2. The second kappa shape index (κ2) is 6.46. The van der Waals surface area contributed by atoms with Gasteiger partial charge in [0.1, 0.15) is 6.54 Å². The molecule has 2 amide bonds. The van der Waals surface area contributed by atoms with Crippen molar-refractivity contribution in [2.75, 3.05) is 26.2 Å². The maximum Gasteiger partial charge on any atom is 0.323 e. The number of likely N-dealkylation sites (tertiary alicyclic amines) is 1. The summed E-state index contributed by atoms with van der Waals surface area (Å²) >= 11 is 0. The SMILES string of the molecule is C#CCN(CC(=O)O)C(=O)N1CCCC(C)(C)CC1. The second-order valence-corrected chi connectivity index (χ2v) is 5.74. The molecular formula is C14H22N2O3. The Balaban J connectivity index is 2.68. The maximum atomic E-state index is 12.3. The first kappa shape index (κ1) is 15.4.